The largest absolute Gasteiger partial charge is 0.481 e. The molecule has 0 aliphatic heterocycles. The van der Waals surface area contributed by atoms with Crippen molar-refractivity contribution in [2.75, 3.05) is 14.1 Å². The van der Waals surface area contributed by atoms with Crippen LogP contribution < -0.4 is 0 Å². The van der Waals surface area contributed by atoms with E-state index < -0.39 is 5.97 Å². The molecule has 2 aromatic rings. The van der Waals surface area contributed by atoms with Crippen LogP contribution in [0, 0.1) is 0 Å². The molecule has 0 unspecified atom stereocenters. The van der Waals surface area contributed by atoms with E-state index in [-0.39, 0.29) is 6.42 Å². The number of imidazole rings is 1. The summed E-state index contributed by atoms with van der Waals surface area (Å²) in [5.41, 5.74) is 1.72. The van der Waals surface area contributed by atoms with Gasteiger partial charge in [0.15, 0.2) is 0 Å². The standard InChI is InChI=1S/C13H16ClN3O2/c1-16(2)8-12-15-10-7-9(14)3-4-11(10)17(12)6-5-13(18)19/h3-4,7H,5-6,8H2,1-2H3,(H,18,19). The molecule has 0 radical (unpaired) electrons. The highest BCUT2D eigenvalue weighted by Crippen LogP contribution is 2.21. The summed E-state index contributed by atoms with van der Waals surface area (Å²) in [4.78, 5) is 17.3. The number of nitrogens with zero attached hydrogens (tertiary/aromatic N) is 3. The Morgan fingerprint density at radius 2 is 2.21 bits per heavy atom. The summed E-state index contributed by atoms with van der Waals surface area (Å²) in [6, 6.07) is 5.47. The Morgan fingerprint density at radius 1 is 1.47 bits per heavy atom. The zero-order valence-corrected chi connectivity index (χ0v) is 11.7. The van der Waals surface area contributed by atoms with E-state index in [0.29, 0.717) is 18.1 Å². The monoisotopic (exact) mass is 281 g/mol. The van der Waals surface area contributed by atoms with Gasteiger partial charge in [0.1, 0.15) is 5.82 Å². The average molecular weight is 282 g/mol. The van der Waals surface area contributed by atoms with Crippen molar-refractivity contribution in [1.29, 1.82) is 0 Å². The van der Waals surface area contributed by atoms with Crippen LogP contribution in [0.15, 0.2) is 18.2 Å². The predicted octanol–water partition coefficient (Wildman–Crippen LogP) is 2.23. The molecular weight excluding hydrogens is 266 g/mol. The number of rotatable bonds is 5. The van der Waals surface area contributed by atoms with Gasteiger partial charge < -0.3 is 14.6 Å². The quantitative estimate of drug-likeness (QED) is 0.913. The van der Waals surface area contributed by atoms with Crippen molar-refractivity contribution in [3.05, 3.63) is 29.0 Å². The third-order valence-electron chi connectivity index (χ3n) is 2.80. The summed E-state index contributed by atoms with van der Waals surface area (Å²) in [5.74, 6) is 0.0372. The SMILES string of the molecule is CN(C)Cc1nc2cc(Cl)ccc2n1CCC(=O)O. The highest BCUT2D eigenvalue weighted by Gasteiger charge is 2.12. The highest BCUT2D eigenvalue weighted by atomic mass is 35.5. The molecule has 0 saturated heterocycles. The molecule has 0 spiro atoms. The second kappa shape index (κ2) is 5.59. The second-order valence-corrected chi connectivity index (χ2v) is 5.13. The second-order valence-electron chi connectivity index (χ2n) is 4.69. The third-order valence-corrected chi connectivity index (χ3v) is 3.03. The normalized spacial score (nSPS) is 11.4. The van der Waals surface area contributed by atoms with E-state index in [1.54, 1.807) is 12.1 Å². The maximum atomic E-state index is 10.8. The molecule has 1 aromatic heterocycles. The first-order chi connectivity index (χ1) is 8.97. The van der Waals surface area contributed by atoms with Crippen LogP contribution in [-0.4, -0.2) is 39.6 Å². The van der Waals surface area contributed by atoms with E-state index in [0.717, 1.165) is 16.9 Å². The minimum atomic E-state index is -0.813. The first kappa shape index (κ1) is 13.8. The van der Waals surface area contributed by atoms with E-state index >= 15 is 0 Å². The number of aliphatic carboxylic acids is 1. The van der Waals surface area contributed by atoms with Gasteiger partial charge >= 0.3 is 5.97 Å². The van der Waals surface area contributed by atoms with Crippen LogP contribution >= 0.6 is 11.6 Å². The van der Waals surface area contributed by atoms with Crippen molar-refractivity contribution in [2.24, 2.45) is 0 Å². The molecule has 0 aliphatic rings. The number of aryl methyl sites for hydroxylation is 1. The van der Waals surface area contributed by atoms with Gasteiger partial charge in [-0.25, -0.2) is 4.98 Å². The molecule has 0 bridgehead atoms. The summed E-state index contributed by atoms with van der Waals surface area (Å²) in [5, 5.41) is 9.47. The van der Waals surface area contributed by atoms with Crippen LogP contribution in [-0.2, 0) is 17.9 Å². The topological polar surface area (TPSA) is 58.4 Å². The zero-order chi connectivity index (χ0) is 14.0. The van der Waals surface area contributed by atoms with Crippen LogP contribution in [0.4, 0.5) is 0 Å². The van der Waals surface area contributed by atoms with E-state index in [1.807, 2.05) is 29.6 Å². The molecule has 0 saturated carbocycles. The van der Waals surface area contributed by atoms with Gasteiger partial charge in [-0.3, -0.25) is 4.79 Å². The molecule has 1 N–H and O–H groups in total. The average Bonchev–Trinajstić information content (AvgIpc) is 2.61. The number of carbonyl (C=O) groups is 1. The van der Waals surface area contributed by atoms with Gasteiger partial charge in [-0.15, -0.1) is 0 Å². The van der Waals surface area contributed by atoms with Gasteiger partial charge in [-0.05, 0) is 32.3 Å². The minimum absolute atomic E-state index is 0.0779. The molecular formula is C13H16ClN3O2. The van der Waals surface area contributed by atoms with Crippen molar-refractivity contribution in [3.63, 3.8) is 0 Å². The van der Waals surface area contributed by atoms with Crippen LogP contribution in [0.5, 0.6) is 0 Å². The van der Waals surface area contributed by atoms with Crippen LogP contribution in [0.25, 0.3) is 11.0 Å². The Hall–Kier alpha value is -1.59. The predicted molar refractivity (Wildman–Crippen MR) is 74.4 cm³/mol. The molecule has 0 amide bonds. The number of benzene rings is 1. The lowest BCUT2D eigenvalue weighted by Crippen LogP contribution is -2.16. The van der Waals surface area contributed by atoms with Gasteiger partial charge in [0.05, 0.1) is 24.0 Å². The van der Waals surface area contributed by atoms with E-state index in [2.05, 4.69) is 4.98 Å². The Balaban J connectivity index is 2.45. The Labute approximate surface area is 116 Å². The fourth-order valence-electron chi connectivity index (χ4n) is 2.01. The summed E-state index contributed by atoms with van der Waals surface area (Å²) in [6.45, 7) is 1.07. The van der Waals surface area contributed by atoms with Crippen molar-refractivity contribution in [1.82, 2.24) is 14.5 Å². The molecule has 2 rings (SSSR count). The van der Waals surface area contributed by atoms with E-state index in [9.17, 15) is 4.79 Å². The third kappa shape index (κ3) is 3.24. The molecule has 6 heteroatoms. The lowest BCUT2D eigenvalue weighted by molar-refractivity contribution is -0.137. The van der Waals surface area contributed by atoms with Gasteiger partial charge in [-0.2, -0.15) is 0 Å². The van der Waals surface area contributed by atoms with Gasteiger partial charge in [-0.1, -0.05) is 11.6 Å². The molecule has 1 heterocycles. The molecule has 5 nitrogen and oxygen atoms in total. The summed E-state index contributed by atoms with van der Waals surface area (Å²) in [6.07, 6.45) is 0.0779. The Bertz CT molecular complexity index is 607. The Morgan fingerprint density at radius 3 is 2.84 bits per heavy atom. The first-order valence-corrected chi connectivity index (χ1v) is 6.36. The number of fused-ring (bicyclic) bond motifs is 1. The maximum absolute atomic E-state index is 10.8. The Kier molecular flexibility index (Phi) is 4.07. The van der Waals surface area contributed by atoms with Gasteiger partial charge in [0.2, 0.25) is 0 Å². The number of halogens is 1. The lowest BCUT2D eigenvalue weighted by atomic mass is 10.3. The van der Waals surface area contributed by atoms with Crippen LogP contribution in [0.2, 0.25) is 5.02 Å². The first-order valence-electron chi connectivity index (χ1n) is 5.98. The fraction of sp³-hybridized carbons (Fsp3) is 0.385. The molecule has 19 heavy (non-hydrogen) atoms. The smallest absolute Gasteiger partial charge is 0.305 e. The molecule has 1 aromatic carbocycles. The van der Waals surface area contributed by atoms with Gasteiger partial charge in [0, 0.05) is 11.6 Å². The number of hydrogen-bond acceptors (Lipinski definition) is 3. The van der Waals surface area contributed by atoms with E-state index in [1.165, 1.54) is 0 Å². The van der Waals surface area contributed by atoms with E-state index in [4.69, 9.17) is 16.7 Å². The molecule has 102 valence electrons. The van der Waals surface area contributed by atoms with Crippen molar-refractivity contribution in [3.8, 4) is 0 Å². The number of carboxylic acid groups (broad SMARTS) is 1. The molecule has 0 aliphatic carbocycles. The van der Waals surface area contributed by atoms with Crippen molar-refractivity contribution >= 4 is 28.6 Å². The number of hydrogen-bond donors (Lipinski definition) is 1. The minimum Gasteiger partial charge on any atom is -0.481 e. The maximum Gasteiger partial charge on any atom is 0.305 e. The number of carboxylic acids is 1. The summed E-state index contributed by atoms with van der Waals surface area (Å²) in [7, 11) is 3.90. The summed E-state index contributed by atoms with van der Waals surface area (Å²) < 4.78 is 1.94. The molecule has 0 atom stereocenters. The van der Waals surface area contributed by atoms with Crippen LogP contribution in [0.1, 0.15) is 12.2 Å². The van der Waals surface area contributed by atoms with Crippen LogP contribution in [0.3, 0.4) is 0 Å². The zero-order valence-electron chi connectivity index (χ0n) is 10.9. The lowest BCUT2D eigenvalue weighted by Gasteiger charge is -2.11. The highest BCUT2D eigenvalue weighted by molar-refractivity contribution is 6.31. The number of aromatic nitrogens is 2. The van der Waals surface area contributed by atoms with Crippen molar-refractivity contribution < 1.29 is 9.90 Å². The van der Waals surface area contributed by atoms with Gasteiger partial charge in [0.25, 0.3) is 0 Å². The fourth-order valence-corrected chi connectivity index (χ4v) is 2.18. The molecule has 0 fully saturated rings. The summed E-state index contributed by atoms with van der Waals surface area (Å²) >= 11 is 5.96. The van der Waals surface area contributed by atoms with Crippen molar-refractivity contribution in [2.45, 2.75) is 19.5 Å².